The number of hydrogen-bond acceptors (Lipinski definition) is 3. The molecule has 0 aliphatic rings. The van der Waals surface area contributed by atoms with Gasteiger partial charge in [0.25, 0.3) is 0 Å². The SMILES string of the molecule is Cc1ccc(C(C#N)Nc2ccc(C(=O)O)cc2)cc1. The van der Waals surface area contributed by atoms with Crippen molar-refractivity contribution in [3.63, 3.8) is 0 Å². The van der Waals surface area contributed by atoms with E-state index in [1.807, 2.05) is 31.2 Å². The monoisotopic (exact) mass is 266 g/mol. The largest absolute Gasteiger partial charge is 0.478 e. The fourth-order valence-electron chi connectivity index (χ4n) is 1.82. The molecule has 4 nitrogen and oxygen atoms in total. The number of rotatable bonds is 4. The van der Waals surface area contributed by atoms with Gasteiger partial charge in [-0.1, -0.05) is 29.8 Å². The third-order valence-corrected chi connectivity index (χ3v) is 2.98. The number of carbonyl (C=O) groups is 1. The first-order valence-corrected chi connectivity index (χ1v) is 6.16. The van der Waals surface area contributed by atoms with Gasteiger partial charge in [0.05, 0.1) is 11.6 Å². The van der Waals surface area contributed by atoms with Crippen LogP contribution in [0.4, 0.5) is 5.69 Å². The summed E-state index contributed by atoms with van der Waals surface area (Å²) in [4.78, 5) is 10.8. The molecule has 1 atom stereocenters. The molecule has 2 aromatic carbocycles. The van der Waals surface area contributed by atoms with Crippen LogP contribution in [0.1, 0.15) is 27.5 Å². The molecule has 0 saturated heterocycles. The van der Waals surface area contributed by atoms with Crippen LogP contribution in [0.3, 0.4) is 0 Å². The molecule has 20 heavy (non-hydrogen) atoms. The molecular weight excluding hydrogens is 252 g/mol. The molecule has 0 aromatic heterocycles. The maximum atomic E-state index is 10.8. The highest BCUT2D eigenvalue weighted by Crippen LogP contribution is 2.20. The van der Waals surface area contributed by atoms with Crippen LogP contribution < -0.4 is 5.32 Å². The van der Waals surface area contributed by atoms with Crippen molar-refractivity contribution in [3.8, 4) is 6.07 Å². The van der Waals surface area contributed by atoms with E-state index >= 15 is 0 Å². The molecule has 0 bridgehead atoms. The van der Waals surface area contributed by atoms with Crippen molar-refractivity contribution in [2.24, 2.45) is 0 Å². The standard InChI is InChI=1S/C16H14N2O2/c1-11-2-4-12(5-3-11)15(10-17)18-14-8-6-13(7-9-14)16(19)20/h2-9,15,18H,1H3,(H,19,20). The first-order valence-electron chi connectivity index (χ1n) is 6.16. The Morgan fingerprint density at radius 1 is 1.15 bits per heavy atom. The van der Waals surface area contributed by atoms with Gasteiger partial charge in [0, 0.05) is 5.69 Å². The number of aromatic carboxylic acids is 1. The predicted molar refractivity (Wildman–Crippen MR) is 76.6 cm³/mol. The molecule has 0 heterocycles. The fourth-order valence-corrected chi connectivity index (χ4v) is 1.82. The van der Waals surface area contributed by atoms with Crippen LogP contribution in [0.5, 0.6) is 0 Å². The Balaban J connectivity index is 2.16. The van der Waals surface area contributed by atoms with E-state index in [-0.39, 0.29) is 5.56 Å². The molecular formula is C16H14N2O2. The summed E-state index contributed by atoms with van der Waals surface area (Å²) in [5.41, 5.74) is 2.94. The van der Waals surface area contributed by atoms with E-state index in [1.54, 1.807) is 12.1 Å². The Hall–Kier alpha value is -2.80. The lowest BCUT2D eigenvalue weighted by Crippen LogP contribution is -2.08. The van der Waals surface area contributed by atoms with Crippen molar-refractivity contribution in [2.45, 2.75) is 13.0 Å². The average molecular weight is 266 g/mol. The number of carboxylic acid groups (broad SMARTS) is 1. The van der Waals surface area contributed by atoms with Gasteiger partial charge in [-0.05, 0) is 36.8 Å². The lowest BCUT2D eigenvalue weighted by Gasteiger charge is -2.13. The van der Waals surface area contributed by atoms with E-state index in [0.717, 1.165) is 11.1 Å². The van der Waals surface area contributed by atoms with Crippen molar-refractivity contribution in [2.75, 3.05) is 5.32 Å². The van der Waals surface area contributed by atoms with Crippen molar-refractivity contribution in [3.05, 3.63) is 65.2 Å². The van der Waals surface area contributed by atoms with Crippen molar-refractivity contribution in [1.29, 1.82) is 5.26 Å². The number of carboxylic acids is 1. The molecule has 0 aliphatic carbocycles. The summed E-state index contributed by atoms with van der Waals surface area (Å²) in [6.45, 7) is 1.99. The van der Waals surface area contributed by atoms with Gasteiger partial charge in [0.15, 0.2) is 0 Å². The van der Waals surface area contributed by atoms with E-state index in [4.69, 9.17) is 5.11 Å². The summed E-state index contributed by atoms with van der Waals surface area (Å²) in [6, 6.07) is 15.8. The number of nitriles is 1. The molecule has 0 amide bonds. The van der Waals surface area contributed by atoms with Crippen LogP contribution in [0.2, 0.25) is 0 Å². The van der Waals surface area contributed by atoms with Gasteiger partial charge in [-0.2, -0.15) is 5.26 Å². The highest BCUT2D eigenvalue weighted by atomic mass is 16.4. The van der Waals surface area contributed by atoms with Crippen LogP contribution in [0.25, 0.3) is 0 Å². The van der Waals surface area contributed by atoms with Crippen LogP contribution in [-0.4, -0.2) is 11.1 Å². The quantitative estimate of drug-likeness (QED) is 0.889. The predicted octanol–water partition coefficient (Wildman–Crippen LogP) is 3.37. The minimum Gasteiger partial charge on any atom is -0.478 e. The molecule has 2 rings (SSSR count). The number of hydrogen-bond donors (Lipinski definition) is 2. The smallest absolute Gasteiger partial charge is 0.335 e. The number of nitrogens with one attached hydrogen (secondary N) is 1. The molecule has 0 spiro atoms. The highest BCUT2D eigenvalue weighted by Gasteiger charge is 2.10. The Morgan fingerprint density at radius 3 is 2.25 bits per heavy atom. The number of anilines is 1. The van der Waals surface area contributed by atoms with E-state index in [1.165, 1.54) is 12.1 Å². The van der Waals surface area contributed by atoms with Crippen LogP contribution in [-0.2, 0) is 0 Å². The normalized spacial score (nSPS) is 11.4. The van der Waals surface area contributed by atoms with Gasteiger partial charge in [-0.25, -0.2) is 4.79 Å². The Morgan fingerprint density at radius 2 is 1.75 bits per heavy atom. The summed E-state index contributed by atoms with van der Waals surface area (Å²) >= 11 is 0. The second kappa shape index (κ2) is 5.89. The number of aryl methyl sites for hydroxylation is 1. The maximum absolute atomic E-state index is 10.8. The molecule has 0 fully saturated rings. The summed E-state index contributed by atoms with van der Waals surface area (Å²) in [5, 5.41) is 21.2. The summed E-state index contributed by atoms with van der Waals surface area (Å²) in [7, 11) is 0. The second-order valence-electron chi connectivity index (χ2n) is 4.50. The second-order valence-corrected chi connectivity index (χ2v) is 4.50. The molecule has 0 aliphatic heterocycles. The zero-order valence-electron chi connectivity index (χ0n) is 11.0. The molecule has 1 unspecified atom stereocenters. The Labute approximate surface area is 117 Å². The molecule has 4 heteroatoms. The van der Waals surface area contributed by atoms with Crippen molar-refractivity contribution >= 4 is 11.7 Å². The van der Waals surface area contributed by atoms with E-state index < -0.39 is 12.0 Å². The van der Waals surface area contributed by atoms with Crippen LogP contribution >= 0.6 is 0 Å². The molecule has 2 aromatic rings. The molecule has 0 radical (unpaired) electrons. The third kappa shape index (κ3) is 3.15. The average Bonchev–Trinajstić information content (AvgIpc) is 2.46. The molecule has 0 saturated carbocycles. The Kier molecular flexibility index (Phi) is 4.02. The highest BCUT2D eigenvalue weighted by molar-refractivity contribution is 5.88. The van der Waals surface area contributed by atoms with Gasteiger partial charge in [0.2, 0.25) is 0 Å². The molecule has 100 valence electrons. The summed E-state index contributed by atoms with van der Waals surface area (Å²) in [5.74, 6) is -0.966. The minimum atomic E-state index is -0.966. The lowest BCUT2D eigenvalue weighted by atomic mass is 10.1. The first kappa shape index (κ1) is 13.6. The topological polar surface area (TPSA) is 73.1 Å². The van der Waals surface area contributed by atoms with Gasteiger partial charge in [0.1, 0.15) is 6.04 Å². The van der Waals surface area contributed by atoms with Crippen LogP contribution in [0.15, 0.2) is 48.5 Å². The molecule has 2 N–H and O–H groups in total. The van der Waals surface area contributed by atoms with Gasteiger partial charge >= 0.3 is 5.97 Å². The van der Waals surface area contributed by atoms with E-state index in [2.05, 4.69) is 11.4 Å². The van der Waals surface area contributed by atoms with Gasteiger partial charge in [-0.15, -0.1) is 0 Å². The fraction of sp³-hybridized carbons (Fsp3) is 0.125. The minimum absolute atomic E-state index is 0.222. The van der Waals surface area contributed by atoms with E-state index in [9.17, 15) is 10.1 Å². The summed E-state index contributed by atoms with van der Waals surface area (Å²) < 4.78 is 0. The third-order valence-electron chi connectivity index (χ3n) is 2.98. The zero-order chi connectivity index (χ0) is 14.5. The number of nitrogens with zero attached hydrogens (tertiary/aromatic N) is 1. The lowest BCUT2D eigenvalue weighted by molar-refractivity contribution is 0.0697. The Bertz CT molecular complexity index is 640. The van der Waals surface area contributed by atoms with Gasteiger partial charge in [-0.3, -0.25) is 0 Å². The first-order chi connectivity index (χ1) is 9.60. The van der Waals surface area contributed by atoms with Crippen molar-refractivity contribution in [1.82, 2.24) is 0 Å². The number of benzene rings is 2. The van der Waals surface area contributed by atoms with Gasteiger partial charge < -0.3 is 10.4 Å². The van der Waals surface area contributed by atoms with Crippen molar-refractivity contribution < 1.29 is 9.90 Å². The van der Waals surface area contributed by atoms with Crippen LogP contribution in [0, 0.1) is 18.3 Å². The maximum Gasteiger partial charge on any atom is 0.335 e. The summed E-state index contributed by atoms with van der Waals surface area (Å²) in [6.07, 6.45) is 0. The van der Waals surface area contributed by atoms with E-state index in [0.29, 0.717) is 5.69 Å². The zero-order valence-corrected chi connectivity index (χ0v) is 11.0.